The smallest absolute Gasteiger partial charge is 0.245 e. The van der Waals surface area contributed by atoms with Crippen molar-refractivity contribution in [3.8, 4) is 0 Å². The lowest BCUT2D eigenvalue weighted by atomic mass is 9.96. The van der Waals surface area contributed by atoms with Gasteiger partial charge in [0, 0.05) is 37.0 Å². The fourth-order valence-corrected chi connectivity index (χ4v) is 4.79. The Morgan fingerprint density at radius 2 is 2.29 bits per heavy atom. The van der Waals surface area contributed by atoms with Crippen LogP contribution in [0.3, 0.4) is 0 Å². The largest absolute Gasteiger partial charge is 0.396 e. The van der Waals surface area contributed by atoms with Crippen LogP contribution in [0.1, 0.15) is 19.8 Å². The van der Waals surface area contributed by atoms with Gasteiger partial charge in [0.15, 0.2) is 0 Å². The van der Waals surface area contributed by atoms with Crippen LogP contribution in [-0.2, 0) is 10.0 Å². The maximum atomic E-state index is 12.9. The minimum Gasteiger partial charge on any atom is -0.396 e. The summed E-state index contributed by atoms with van der Waals surface area (Å²) in [4.78, 5) is 7.30. The first-order valence-corrected chi connectivity index (χ1v) is 8.53. The van der Waals surface area contributed by atoms with Gasteiger partial charge in [-0.3, -0.25) is 0 Å². The number of rotatable bonds is 3. The number of aromatic nitrogens is 2. The van der Waals surface area contributed by atoms with Crippen LogP contribution >= 0.6 is 0 Å². The lowest BCUT2D eigenvalue weighted by Crippen LogP contribution is -2.46. The minimum atomic E-state index is -3.59. The third-order valence-electron chi connectivity index (χ3n) is 4.18. The van der Waals surface area contributed by atoms with E-state index in [4.69, 9.17) is 0 Å². The van der Waals surface area contributed by atoms with Gasteiger partial charge in [-0.05, 0) is 37.8 Å². The van der Waals surface area contributed by atoms with E-state index in [-0.39, 0.29) is 23.5 Å². The average Bonchev–Trinajstić information content (AvgIpc) is 2.92. The van der Waals surface area contributed by atoms with E-state index >= 15 is 0 Å². The molecule has 0 bridgehead atoms. The third kappa shape index (κ3) is 2.45. The molecule has 1 aliphatic rings. The molecule has 2 N–H and O–H groups in total. The monoisotopic (exact) mass is 309 g/mol. The predicted molar refractivity (Wildman–Crippen MR) is 79.3 cm³/mol. The van der Waals surface area contributed by atoms with Crippen molar-refractivity contribution in [1.82, 2.24) is 14.3 Å². The van der Waals surface area contributed by atoms with E-state index in [1.807, 2.05) is 6.92 Å². The second kappa shape index (κ2) is 5.40. The molecule has 6 nitrogen and oxygen atoms in total. The standard InChI is InChI=1S/C14H19N3O3S/c1-10-4-5-11(9-18)8-17(10)21(19,20)13-7-16-14-12(13)3-2-6-15-14/h2-3,6-7,10-11,18H,4-5,8-9H2,1H3,(H,15,16). The highest BCUT2D eigenvalue weighted by Gasteiger charge is 2.35. The Labute approximate surface area is 123 Å². The van der Waals surface area contributed by atoms with Crippen LogP contribution in [0.5, 0.6) is 0 Å². The normalized spacial score (nSPS) is 24.5. The molecule has 1 fully saturated rings. The van der Waals surface area contributed by atoms with E-state index in [0.717, 1.165) is 12.8 Å². The number of hydrogen-bond acceptors (Lipinski definition) is 4. The van der Waals surface area contributed by atoms with Crippen LogP contribution in [0.25, 0.3) is 11.0 Å². The summed E-state index contributed by atoms with van der Waals surface area (Å²) in [6.45, 7) is 2.30. The van der Waals surface area contributed by atoms with E-state index in [2.05, 4.69) is 9.97 Å². The van der Waals surface area contributed by atoms with Gasteiger partial charge in [-0.1, -0.05) is 0 Å². The molecule has 3 rings (SSSR count). The summed E-state index contributed by atoms with van der Waals surface area (Å²) in [5.74, 6) is 0.0132. The van der Waals surface area contributed by atoms with Crippen LogP contribution in [0, 0.1) is 5.92 Å². The summed E-state index contributed by atoms with van der Waals surface area (Å²) in [5.41, 5.74) is 0.569. The summed E-state index contributed by atoms with van der Waals surface area (Å²) in [6, 6.07) is 3.43. The molecule has 3 heterocycles. The summed E-state index contributed by atoms with van der Waals surface area (Å²) in [7, 11) is -3.59. The molecule has 2 aromatic rings. The van der Waals surface area contributed by atoms with Crippen LogP contribution in [-0.4, -0.2) is 47.0 Å². The van der Waals surface area contributed by atoms with Crippen molar-refractivity contribution in [2.45, 2.75) is 30.7 Å². The first-order chi connectivity index (χ1) is 10.0. The molecule has 0 saturated carbocycles. The molecule has 21 heavy (non-hydrogen) atoms. The molecule has 0 aromatic carbocycles. The highest BCUT2D eigenvalue weighted by Crippen LogP contribution is 2.30. The van der Waals surface area contributed by atoms with Crippen molar-refractivity contribution in [2.24, 2.45) is 5.92 Å². The van der Waals surface area contributed by atoms with Crippen LogP contribution in [0.15, 0.2) is 29.4 Å². The summed E-state index contributed by atoms with van der Waals surface area (Å²) < 4.78 is 27.4. The lowest BCUT2D eigenvalue weighted by molar-refractivity contribution is 0.139. The first-order valence-electron chi connectivity index (χ1n) is 7.09. The van der Waals surface area contributed by atoms with Gasteiger partial charge in [0.1, 0.15) is 10.5 Å². The number of aliphatic hydroxyl groups is 1. The quantitative estimate of drug-likeness (QED) is 0.896. The van der Waals surface area contributed by atoms with Gasteiger partial charge in [0.25, 0.3) is 0 Å². The van der Waals surface area contributed by atoms with Crippen LogP contribution in [0.2, 0.25) is 0 Å². The maximum absolute atomic E-state index is 12.9. The van der Waals surface area contributed by atoms with Gasteiger partial charge in [0.05, 0.1) is 0 Å². The van der Waals surface area contributed by atoms with E-state index in [0.29, 0.717) is 17.6 Å². The Hall–Kier alpha value is -1.44. The van der Waals surface area contributed by atoms with Crippen molar-refractivity contribution in [2.75, 3.05) is 13.2 Å². The fraction of sp³-hybridized carbons (Fsp3) is 0.500. The van der Waals surface area contributed by atoms with E-state index in [9.17, 15) is 13.5 Å². The van der Waals surface area contributed by atoms with Crippen LogP contribution < -0.4 is 0 Å². The number of nitrogens with zero attached hydrogens (tertiary/aromatic N) is 2. The van der Waals surface area contributed by atoms with E-state index in [1.165, 1.54) is 10.5 Å². The second-order valence-electron chi connectivity index (χ2n) is 5.60. The van der Waals surface area contributed by atoms with E-state index < -0.39 is 10.0 Å². The van der Waals surface area contributed by atoms with Crippen molar-refractivity contribution in [3.05, 3.63) is 24.5 Å². The Bertz CT molecular complexity index is 741. The molecule has 1 aliphatic heterocycles. The molecule has 0 aliphatic carbocycles. The van der Waals surface area contributed by atoms with Gasteiger partial charge in [-0.15, -0.1) is 0 Å². The molecule has 114 valence electrons. The van der Waals surface area contributed by atoms with Gasteiger partial charge in [-0.25, -0.2) is 13.4 Å². The number of pyridine rings is 1. The van der Waals surface area contributed by atoms with E-state index in [1.54, 1.807) is 18.3 Å². The number of aromatic amines is 1. The molecule has 2 atom stereocenters. The number of nitrogens with one attached hydrogen (secondary N) is 1. The zero-order valence-electron chi connectivity index (χ0n) is 11.9. The Morgan fingerprint density at radius 1 is 1.48 bits per heavy atom. The molecule has 1 saturated heterocycles. The number of fused-ring (bicyclic) bond motifs is 1. The third-order valence-corrected chi connectivity index (χ3v) is 6.20. The molecular formula is C14H19N3O3S. The lowest BCUT2D eigenvalue weighted by Gasteiger charge is -2.36. The van der Waals surface area contributed by atoms with Gasteiger partial charge >= 0.3 is 0 Å². The number of hydrogen-bond donors (Lipinski definition) is 2. The van der Waals surface area contributed by atoms with Crippen molar-refractivity contribution < 1.29 is 13.5 Å². The molecule has 2 unspecified atom stereocenters. The molecule has 7 heteroatoms. The number of aliphatic hydroxyl groups excluding tert-OH is 1. The fourth-order valence-electron chi connectivity index (χ4n) is 2.90. The topological polar surface area (TPSA) is 86.3 Å². The van der Waals surface area contributed by atoms with Crippen LogP contribution in [0.4, 0.5) is 0 Å². The number of piperidine rings is 1. The van der Waals surface area contributed by atoms with Crippen molar-refractivity contribution in [1.29, 1.82) is 0 Å². The zero-order valence-corrected chi connectivity index (χ0v) is 12.7. The second-order valence-corrected chi connectivity index (χ2v) is 7.46. The zero-order chi connectivity index (χ0) is 15.0. The highest BCUT2D eigenvalue weighted by atomic mass is 32.2. The highest BCUT2D eigenvalue weighted by molar-refractivity contribution is 7.89. The number of H-pyrrole nitrogens is 1. The summed E-state index contributed by atoms with van der Waals surface area (Å²) in [6.07, 6.45) is 4.76. The van der Waals surface area contributed by atoms with Gasteiger partial charge in [0.2, 0.25) is 10.0 Å². The maximum Gasteiger partial charge on any atom is 0.245 e. The predicted octanol–water partition coefficient (Wildman–Crippen LogP) is 1.34. The first kappa shape index (κ1) is 14.5. The summed E-state index contributed by atoms with van der Waals surface area (Å²) in [5, 5.41) is 9.93. The molecule has 2 aromatic heterocycles. The van der Waals surface area contributed by atoms with Gasteiger partial charge < -0.3 is 10.1 Å². The molecule has 0 spiro atoms. The minimum absolute atomic E-state index is 0.0132. The van der Waals surface area contributed by atoms with Crippen molar-refractivity contribution >= 4 is 21.1 Å². The summed E-state index contributed by atoms with van der Waals surface area (Å²) >= 11 is 0. The SMILES string of the molecule is CC1CCC(CO)CN1S(=O)(=O)c1c[nH]c2ncccc12. The average molecular weight is 309 g/mol. The molecular weight excluding hydrogens is 290 g/mol. The Kier molecular flexibility index (Phi) is 3.73. The van der Waals surface area contributed by atoms with Crippen molar-refractivity contribution in [3.63, 3.8) is 0 Å². The molecule has 0 amide bonds. The number of sulfonamides is 1. The Balaban J connectivity index is 2.03. The molecule has 0 radical (unpaired) electrons. The Morgan fingerprint density at radius 3 is 3.05 bits per heavy atom. The van der Waals surface area contributed by atoms with Gasteiger partial charge in [-0.2, -0.15) is 4.31 Å².